The molecule has 13 aliphatic rings. The monoisotopic (exact) mass is 1030 g/mol. The predicted molar refractivity (Wildman–Crippen MR) is 260 cm³/mol. The van der Waals surface area contributed by atoms with E-state index in [1.807, 2.05) is 6.08 Å². The van der Waals surface area contributed by atoms with Gasteiger partial charge in [0.1, 0.15) is 0 Å². The molecule has 0 spiro atoms. The number of aryl methyl sites for hydroxylation is 1. The molecule has 0 radical (unpaired) electrons. The first-order chi connectivity index (χ1) is 31.7. The minimum atomic E-state index is -4.03. The summed E-state index contributed by atoms with van der Waals surface area (Å²) >= 11 is 0. The van der Waals surface area contributed by atoms with Gasteiger partial charge in [-0.25, -0.2) is 0 Å². The molecule has 7 aliphatic carbocycles. The van der Waals surface area contributed by atoms with Gasteiger partial charge in [0.15, 0.2) is 0 Å². The second-order valence-corrected chi connectivity index (χ2v) is 48.3. The molecule has 20 heteroatoms. The van der Waals surface area contributed by atoms with Crippen LogP contribution in [0.15, 0.2) is 30.8 Å². The van der Waals surface area contributed by atoms with Crippen LogP contribution in [-0.4, -0.2) is 70.4 Å². The van der Waals surface area contributed by atoms with Crippen molar-refractivity contribution in [1.82, 2.24) is 0 Å². The summed E-state index contributed by atoms with van der Waals surface area (Å²) in [7, 11) is -31.6. The van der Waals surface area contributed by atoms with E-state index in [9.17, 15) is 0 Å². The zero-order chi connectivity index (χ0) is 43.4. The molecule has 0 unspecified atom stereocenters. The summed E-state index contributed by atoms with van der Waals surface area (Å²) in [6.45, 7) is 4.13. The molecule has 7 saturated carbocycles. The summed E-state index contributed by atoms with van der Waals surface area (Å²) < 4.78 is 102. The highest BCUT2D eigenvalue weighted by atomic mass is 28.6. The van der Waals surface area contributed by atoms with Crippen molar-refractivity contribution in [3.63, 3.8) is 0 Å². The van der Waals surface area contributed by atoms with E-state index in [4.69, 9.17) is 49.4 Å². The fourth-order valence-corrected chi connectivity index (χ4v) is 71.1. The van der Waals surface area contributed by atoms with Crippen LogP contribution in [-0.2, 0) is 55.8 Å². The average Bonchev–Trinajstić information content (AvgIpc) is 4.14. The molecule has 65 heavy (non-hydrogen) atoms. The molecular weight excluding hydrogens is 957 g/mol. The van der Waals surface area contributed by atoms with E-state index in [1.165, 1.54) is 5.56 Å². The third-order valence-electron chi connectivity index (χ3n) is 18.3. The van der Waals surface area contributed by atoms with Gasteiger partial charge in [-0.3, -0.25) is 0 Å². The predicted octanol–water partition coefficient (Wildman–Crippen LogP) is 12.3. The van der Waals surface area contributed by atoms with E-state index < -0.39 is 70.4 Å². The molecule has 8 bridgehead atoms. The van der Waals surface area contributed by atoms with Gasteiger partial charge in [-0.15, -0.1) is 0 Å². The van der Waals surface area contributed by atoms with E-state index in [-0.39, 0.29) is 38.8 Å². The third-order valence-corrected chi connectivity index (χ3v) is 57.9. The van der Waals surface area contributed by atoms with Crippen molar-refractivity contribution in [1.29, 1.82) is 0 Å². The number of hydrogen-bond donors (Lipinski definition) is 0. The van der Waals surface area contributed by atoms with Crippen molar-refractivity contribution >= 4 is 76.5 Å². The molecule has 0 aromatic heterocycles. The average molecular weight is 1030 g/mol. The molecule has 12 nitrogen and oxygen atoms in total. The van der Waals surface area contributed by atoms with E-state index in [0.29, 0.717) is 12.5 Å². The van der Waals surface area contributed by atoms with Gasteiger partial charge in [-0.1, -0.05) is 127 Å². The highest BCUT2D eigenvalue weighted by Crippen LogP contribution is 2.66. The van der Waals surface area contributed by atoms with Crippen molar-refractivity contribution < 1.29 is 49.4 Å². The molecule has 14 rings (SSSR count). The van der Waals surface area contributed by atoms with Crippen LogP contribution >= 0.6 is 0 Å². The largest absolute Gasteiger partial charge is 0.482 e. The van der Waals surface area contributed by atoms with Gasteiger partial charge in [0, 0.05) is 44.8 Å². The van der Waals surface area contributed by atoms with Crippen LogP contribution in [0.3, 0.4) is 0 Å². The Balaban J connectivity index is 1.11. The SMILES string of the molecule is C=Cc1cccc(CC[Si]23O[Si]4(C5CCCC5)O[Si]5(C6CCCC6)O[Si](C6CCCC6)(O2)O[Si]2(C6CCCC6)O[Si](C6CCCC6)(O3)O[Si](C3CCCC3)(O4)O[Si](C3CCCC3)(O5)O2)c1. The first-order valence-electron chi connectivity index (χ1n) is 26.9. The normalized spacial score (nSPS) is 45.8. The van der Waals surface area contributed by atoms with Crippen LogP contribution in [0, 0.1) is 0 Å². The molecule has 0 N–H and O–H groups in total. The van der Waals surface area contributed by atoms with Gasteiger partial charge in [0.2, 0.25) is 0 Å². The lowest BCUT2D eigenvalue weighted by atomic mass is 10.1. The lowest BCUT2D eigenvalue weighted by Gasteiger charge is -2.66. The third kappa shape index (κ3) is 7.57. The second-order valence-electron chi connectivity index (χ2n) is 22.5. The first kappa shape index (κ1) is 45.1. The highest BCUT2D eigenvalue weighted by Gasteiger charge is 2.88. The van der Waals surface area contributed by atoms with Gasteiger partial charge in [-0.05, 0) is 107 Å². The molecule has 6 aliphatic heterocycles. The van der Waals surface area contributed by atoms with Crippen molar-refractivity contribution in [2.24, 2.45) is 0 Å². The van der Waals surface area contributed by atoms with Gasteiger partial charge >= 0.3 is 70.4 Å². The Morgan fingerprint density at radius 2 is 0.615 bits per heavy atom. The van der Waals surface area contributed by atoms with Gasteiger partial charge < -0.3 is 49.4 Å². The standard InChI is InChI=1S/C45H74O12Si8/c1-2-37-18-17-19-38(36-37)34-35-58-46-59(39-20-3-4-21-39)49-62(42-26-9-10-27-42)51-60(47-58,40-22-5-6-23-40)53-64(44-30-13-14-31-44)54-61(48-58,41-24-7-8-25-41)52-63(50-59,43-28-11-12-29-43)56-65(55-62,57-64)45-32-15-16-33-45/h2,17-19,36,39-45H,1,3-16,20-35H2. The van der Waals surface area contributed by atoms with Crippen molar-refractivity contribution in [2.45, 2.75) is 231 Å². The first-order valence-corrected chi connectivity index (χ1v) is 41.4. The number of hydrogen-bond acceptors (Lipinski definition) is 12. The number of rotatable bonds is 11. The minimum absolute atomic E-state index is 0.0363. The minimum Gasteiger partial charge on any atom is -0.373 e. The van der Waals surface area contributed by atoms with E-state index in [1.54, 1.807) is 0 Å². The van der Waals surface area contributed by atoms with Crippen molar-refractivity contribution in [3.8, 4) is 0 Å². The lowest BCUT2D eigenvalue weighted by molar-refractivity contribution is -0.0457. The topological polar surface area (TPSA) is 111 Å². The molecule has 0 amide bonds. The lowest BCUT2D eigenvalue weighted by Crippen LogP contribution is -2.90. The summed E-state index contributed by atoms with van der Waals surface area (Å²) in [5.74, 6) is 0. The Morgan fingerprint density at radius 3 is 0.862 bits per heavy atom. The molecule has 358 valence electrons. The summed E-state index contributed by atoms with van der Waals surface area (Å²) in [6.07, 6.45) is 31.8. The van der Waals surface area contributed by atoms with Crippen LogP contribution in [0.2, 0.25) is 44.8 Å². The molecule has 6 saturated heterocycles. The van der Waals surface area contributed by atoms with Gasteiger partial charge in [0.05, 0.1) is 0 Å². The summed E-state index contributed by atoms with van der Waals surface area (Å²) in [5.41, 5.74) is 2.65. The Labute approximate surface area is 396 Å². The van der Waals surface area contributed by atoms with E-state index >= 15 is 0 Å². The number of benzene rings is 1. The van der Waals surface area contributed by atoms with Crippen LogP contribution in [0.25, 0.3) is 6.08 Å². The highest BCUT2D eigenvalue weighted by molar-refractivity contribution is 7.04. The molecule has 1 aromatic carbocycles. The van der Waals surface area contributed by atoms with E-state index in [2.05, 4.69) is 30.8 Å². The van der Waals surface area contributed by atoms with Crippen molar-refractivity contribution in [2.75, 3.05) is 0 Å². The zero-order valence-corrected chi connectivity index (χ0v) is 46.7. The smallest absolute Gasteiger partial charge is 0.373 e. The molecule has 1 aromatic rings. The maximum Gasteiger partial charge on any atom is 0.482 e. The van der Waals surface area contributed by atoms with Crippen LogP contribution in [0.1, 0.15) is 191 Å². The Bertz CT molecular complexity index is 1750. The quantitative estimate of drug-likeness (QED) is 0.197. The molecule has 6 heterocycles. The summed E-state index contributed by atoms with van der Waals surface area (Å²) in [6, 6.07) is 9.27. The Kier molecular flexibility index (Phi) is 11.9. The maximum absolute atomic E-state index is 8.51. The molecular formula is C45H74O12Si8. The van der Waals surface area contributed by atoms with Crippen LogP contribution in [0.4, 0.5) is 0 Å². The Morgan fingerprint density at radius 1 is 0.369 bits per heavy atom. The maximum atomic E-state index is 8.51. The fourth-order valence-electron chi connectivity index (χ4n) is 15.0. The van der Waals surface area contributed by atoms with Gasteiger partial charge in [-0.2, -0.15) is 0 Å². The van der Waals surface area contributed by atoms with Gasteiger partial charge in [0.25, 0.3) is 0 Å². The Hall–Kier alpha value is 0.215. The van der Waals surface area contributed by atoms with Crippen LogP contribution < -0.4 is 0 Å². The fraction of sp³-hybridized carbons (Fsp3) is 0.822. The molecule has 13 fully saturated rings. The van der Waals surface area contributed by atoms with Crippen LogP contribution in [0.5, 0.6) is 0 Å². The summed E-state index contributed by atoms with van der Waals surface area (Å²) in [4.78, 5) is 0. The zero-order valence-electron chi connectivity index (χ0n) is 38.7. The molecule has 0 atom stereocenters. The van der Waals surface area contributed by atoms with Crippen molar-refractivity contribution in [3.05, 3.63) is 42.0 Å². The summed E-state index contributed by atoms with van der Waals surface area (Å²) in [5, 5.41) is 0. The second kappa shape index (κ2) is 17.2. The van der Waals surface area contributed by atoms with E-state index in [0.717, 1.165) is 185 Å².